The fourth-order valence-electron chi connectivity index (χ4n) is 3.33. The Morgan fingerprint density at radius 2 is 1.31 bits per heavy atom. The molecule has 2 aromatic rings. The maximum absolute atomic E-state index is 8.83. The Kier molecular flexibility index (Phi) is 6.79. The number of nitrogens with zero attached hydrogens (tertiary/aromatic N) is 3. The molecule has 0 bridgehead atoms. The first-order chi connectivity index (χ1) is 12.8. The summed E-state index contributed by atoms with van der Waals surface area (Å²) in [4.78, 5) is 5.06. The molecule has 0 atom stereocenters. The van der Waals surface area contributed by atoms with Crippen molar-refractivity contribution in [3.63, 3.8) is 0 Å². The van der Waals surface area contributed by atoms with Gasteiger partial charge in [0.1, 0.15) is 0 Å². The second kappa shape index (κ2) is 9.49. The summed E-state index contributed by atoms with van der Waals surface area (Å²) in [5.74, 6) is 0. The smallest absolute Gasteiger partial charge is 0.0991 e. The summed E-state index contributed by atoms with van der Waals surface area (Å²) in [5.41, 5.74) is 4.61. The summed E-state index contributed by atoms with van der Waals surface area (Å²) in [7, 11) is 0. The molecule has 1 heterocycles. The van der Waals surface area contributed by atoms with Crippen molar-refractivity contribution in [3.05, 3.63) is 70.8 Å². The summed E-state index contributed by atoms with van der Waals surface area (Å²) in [6.45, 7) is 10.8. The highest BCUT2D eigenvalue weighted by Crippen LogP contribution is 2.10. The molecule has 0 radical (unpaired) electrons. The van der Waals surface area contributed by atoms with E-state index >= 15 is 0 Å². The zero-order chi connectivity index (χ0) is 18.2. The lowest BCUT2D eigenvalue weighted by Gasteiger charge is -2.34. The summed E-state index contributed by atoms with van der Waals surface area (Å²) < 4.78 is 0. The Bertz CT molecular complexity index is 707. The first kappa shape index (κ1) is 18.6. The van der Waals surface area contributed by atoms with Gasteiger partial charge in [-0.15, -0.1) is 0 Å². The van der Waals surface area contributed by atoms with Crippen LogP contribution in [-0.2, 0) is 19.6 Å². The van der Waals surface area contributed by atoms with Crippen molar-refractivity contribution in [3.8, 4) is 6.07 Å². The highest BCUT2D eigenvalue weighted by molar-refractivity contribution is 5.31. The molecular weight excluding hydrogens is 320 g/mol. The van der Waals surface area contributed by atoms with Crippen LogP contribution in [0.25, 0.3) is 0 Å². The van der Waals surface area contributed by atoms with E-state index in [2.05, 4.69) is 52.4 Å². The molecule has 136 valence electrons. The van der Waals surface area contributed by atoms with Crippen LogP contribution in [0.4, 0.5) is 0 Å². The van der Waals surface area contributed by atoms with E-state index in [0.717, 1.165) is 26.2 Å². The molecular formula is C22H28N4. The number of piperazine rings is 1. The molecule has 0 saturated carbocycles. The molecule has 1 fully saturated rings. The number of nitriles is 1. The minimum absolute atomic E-state index is 0.709. The number of hydrogen-bond donors (Lipinski definition) is 1. The maximum atomic E-state index is 8.83. The molecule has 1 saturated heterocycles. The topological polar surface area (TPSA) is 42.3 Å². The monoisotopic (exact) mass is 348 g/mol. The van der Waals surface area contributed by atoms with Crippen LogP contribution < -0.4 is 5.32 Å². The van der Waals surface area contributed by atoms with Crippen molar-refractivity contribution >= 4 is 0 Å². The van der Waals surface area contributed by atoms with Gasteiger partial charge in [0.25, 0.3) is 0 Å². The van der Waals surface area contributed by atoms with E-state index in [0.29, 0.717) is 5.56 Å². The van der Waals surface area contributed by atoms with Crippen molar-refractivity contribution in [2.45, 2.75) is 26.6 Å². The predicted molar refractivity (Wildman–Crippen MR) is 106 cm³/mol. The normalized spacial score (nSPS) is 15.7. The summed E-state index contributed by atoms with van der Waals surface area (Å²) in [5, 5.41) is 12.3. The Morgan fingerprint density at radius 3 is 1.85 bits per heavy atom. The van der Waals surface area contributed by atoms with E-state index in [1.165, 1.54) is 42.9 Å². The summed E-state index contributed by atoms with van der Waals surface area (Å²) in [6, 6.07) is 18.9. The molecule has 4 nitrogen and oxygen atoms in total. The molecule has 3 rings (SSSR count). The number of benzene rings is 2. The van der Waals surface area contributed by atoms with Gasteiger partial charge in [-0.2, -0.15) is 5.26 Å². The van der Waals surface area contributed by atoms with Crippen LogP contribution >= 0.6 is 0 Å². The molecule has 0 amide bonds. The van der Waals surface area contributed by atoms with Crippen molar-refractivity contribution < 1.29 is 0 Å². The van der Waals surface area contributed by atoms with E-state index in [-0.39, 0.29) is 0 Å². The van der Waals surface area contributed by atoms with Crippen LogP contribution in [0, 0.1) is 11.3 Å². The molecule has 1 aliphatic heterocycles. The van der Waals surface area contributed by atoms with E-state index < -0.39 is 0 Å². The molecule has 26 heavy (non-hydrogen) atoms. The number of rotatable bonds is 7. The van der Waals surface area contributed by atoms with Gasteiger partial charge < -0.3 is 10.2 Å². The zero-order valence-electron chi connectivity index (χ0n) is 15.6. The van der Waals surface area contributed by atoms with E-state index in [1.807, 2.05) is 24.3 Å². The highest BCUT2D eigenvalue weighted by Gasteiger charge is 2.15. The van der Waals surface area contributed by atoms with Gasteiger partial charge in [0.15, 0.2) is 0 Å². The maximum Gasteiger partial charge on any atom is 0.0991 e. The first-order valence-electron chi connectivity index (χ1n) is 9.49. The molecule has 2 aromatic carbocycles. The fourth-order valence-corrected chi connectivity index (χ4v) is 3.33. The molecule has 1 aliphatic rings. The second-order valence-electron chi connectivity index (χ2n) is 6.94. The number of hydrogen-bond acceptors (Lipinski definition) is 4. The van der Waals surface area contributed by atoms with Crippen LogP contribution in [0.3, 0.4) is 0 Å². The van der Waals surface area contributed by atoms with Crippen molar-refractivity contribution in [1.29, 1.82) is 5.26 Å². The van der Waals surface area contributed by atoms with Crippen LogP contribution in [0.1, 0.15) is 29.2 Å². The third-order valence-electron chi connectivity index (χ3n) is 5.08. The lowest BCUT2D eigenvalue weighted by Crippen LogP contribution is -2.45. The SMILES string of the molecule is CCN1CCN(Cc2ccc(CNCc3ccc(C#N)cc3)cc2)CC1. The van der Waals surface area contributed by atoms with Gasteiger partial charge in [0, 0.05) is 45.8 Å². The molecule has 4 heteroatoms. The number of nitrogens with one attached hydrogen (secondary N) is 1. The predicted octanol–water partition coefficient (Wildman–Crippen LogP) is 2.99. The third kappa shape index (κ3) is 5.40. The van der Waals surface area contributed by atoms with Gasteiger partial charge in [-0.1, -0.05) is 43.3 Å². The van der Waals surface area contributed by atoms with Crippen LogP contribution in [0.2, 0.25) is 0 Å². The zero-order valence-corrected chi connectivity index (χ0v) is 15.6. The molecule has 0 aliphatic carbocycles. The quantitative estimate of drug-likeness (QED) is 0.835. The number of likely N-dealkylation sites (N-methyl/N-ethyl adjacent to an activating group) is 1. The standard InChI is InChI=1S/C22H28N4/c1-2-25-11-13-26(14-12-25)18-22-9-7-21(8-10-22)17-24-16-20-5-3-19(15-23)4-6-20/h3-10,24H,2,11-14,16-18H2,1H3. The first-order valence-corrected chi connectivity index (χ1v) is 9.49. The van der Waals surface area contributed by atoms with Crippen molar-refractivity contribution in [2.75, 3.05) is 32.7 Å². The Morgan fingerprint density at radius 1 is 0.808 bits per heavy atom. The van der Waals surface area contributed by atoms with E-state index in [9.17, 15) is 0 Å². The second-order valence-corrected chi connectivity index (χ2v) is 6.94. The lowest BCUT2D eigenvalue weighted by molar-refractivity contribution is 0.132. The summed E-state index contributed by atoms with van der Waals surface area (Å²) >= 11 is 0. The molecule has 0 aromatic heterocycles. The van der Waals surface area contributed by atoms with Crippen molar-refractivity contribution in [2.24, 2.45) is 0 Å². The van der Waals surface area contributed by atoms with Crippen LogP contribution in [-0.4, -0.2) is 42.5 Å². The minimum atomic E-state index is 0.709. The van der Waals surface area contributed by atoms with Crippen LogP contribution in [0.5, 0.6) is 0 Å². The molecule has 1 N–H and O–H groups in total. The average molecular weight is 348 g/mol. The van der Waals surface area contributed by atoms with Gasteiger partial charge in [-0.25, -0.2) is 0 Å². The molecule has 0 spiro atoms. The Balaban J connectivity index is 1.42. The average Bonchev–Trinajstić information content (AvgIpc) is 2.70. The van der Waals surface area contributed by atoms with Gasteiger partial charge >= 0.3 is 0 Å². The van der Waals surface area contributed by atoms with Crippen molar-refractivity contribution in [1.82, 2.24) is 15.1 Å². The van der Waals surface area contributed by atoms with Crippen LogP contribution in [0.15, 0.2) is 48.5 Å². The summed E-state index contributed by atoms with van der Waals surface area (Å²) in [6.07, 6.45) is 0. The Hall–Kier alpha value is -2.19. The van der Waals surface area contributed by atoms with Gasteiger partial charge in [-0.3, -0.25) is 4.90 Å². The Labute approximate surface area is 157 Å². The van der Waals surface area contributed by atoms with E-state index in [1.54, 1.807) is 0 Å². The molecule has 0 unspecified atom stereocenters. The van der Waals surface area contributed by atoms with E-state index in [4.69, 9.17) is 5.26 Å². The highest BCUT2D eigenvalue weighted by atomic mass is 15.3. The minimum Gasteiger partial charge on any atom is -0.309 e. The fraction of sp³-hybridized carbons (Fsp3) is 0.409. The van der Waals surface area contributed by atoms with Gasteiger partial charge in [0.05, 0.1) is 11.6 Å². The van der Waals surface area contributed by atoms with Gasteiger partial charge in [-0.05, 0) is 35.4 Å². The lowest BCUT2D eigenvalue weighted by atomic mass is 10.1. The largest absolute Gasteiger partial charge is 0.309 e. The third-order valence-corrected chi connectivity index (χ3v) is 5.08. The van der Waals surface area contributed by atoms with Gasteiger partial charge in [0.2, 0.25) is 0 Å².